The zero-order valence-electron chi connectivity index (χ0n) is 24.3. The lowest BCUT2D eigenvalue weighted by atomic mass is 9.57. The molecule has 0 aromatic heterocycles. The van der Waals surface area contributed by atoms with Crippen LogP contribution < -0.4 is 19.3 Å². The molecule has 2 aliphatic heterocycles. The Bertz CT molecular complexity index is 1760. The lowest BCUT2D eigenvalue weighted by Crippen LogP contribution is -2.43. The van der Waals surface area contributed by atoms with Crippen molar-refractivity contribution in [3.63, 3.8) is 0 Å². The minimum absolute atomic E-state index is 0.0964. The summed E-state index contributed by atoms with van der Waals surface area (Å²) in [5.74, 6) is -5.24. The first-order valence-electron chi connectivity index (χ1n) is 14.6. The van der Waals surface area contributed by atoms with Crippen molar-refractivity contribution >= 4 is 58.2 Å². The number of anilines is 2. The number of amides is 4. The predicted molar refractivity (Wildman–Crippen MR) is 167 cm³/mol. The number of benzene rings is 3. The van der Waals surface area contributed by atoms with Crippen LogP contribution in [0.15, 0.2) is 72.3 Å². The van der Waals surface area contributed by atoms with E-state index < -0.39 is 41.4 Å². The fraction of sp³-hybridized carbons (Fsp3) is 0.294. The topological polar surface area (TPSA) is 113 Å². The van der Waals surface area contributed by atoms with E-state index in [0.717, 1.165) is 5.57 Å². The van der Waals surface area contributed by atoms with Gasteiger partial charge in [0.25, 0.3) is 0 Å². The predicted octanol–water partition coefficient (Wildman–Crippen LogP) is 5.76. The van der Waals surface area contributed by atoms with E-state index in [-0.39, 0.29) is 47.8 Å². The summed E-state index contributed by atoms with van der Waals surface area (Å²) in [6, 6.07) is 15.9. The smallest absolute Gasteiger partial charge is 0.238 e. The molecule has 0 radical (unpaired) electrons. The maximum atomic E-state index is 14.3. The highest BCUT2D eigenvalue weighted by Gasteiger charge is 2.63. The number of hydrogen-bond acceptors (Lipinski definition) is 7. The molecule has 7 rings (SSSR count). The standard InChI is InChI=1S/C34H28Cl2N2O7/c1-44-25-13-20(39)14-26(45-2)30(25)28-21-11-12-22-27(33(42)37(31(22)40)18-7-3-16(35)4-8-18)23(21)15-24-29(28)34(43)38(32(24)41)19-9-5-17(36)6-10-19/h3-11,13-14,22-24,27-29,39H,12,15H2,1-2H3/t22-,23+,24+,27-,28-,29+/m0/s1. The first-order chi connectivity index (χ1) is 21.6. The molecule has 11 heteroatoms. The van der Waals surface area contributed by atoms with Gasteiger partial charge < -0.3 is 14.6 Å². The summed E-state index contributed by atoms with van der Waals surface area (Å²) in [4.78, 5) is 58.8. The number of rotatable bonds is 5. The molecule has 0 unspecified atom stereocenters. The van der Waals surface area contributed by atoms with Crippen molar-refractivity contribution in [3.05, 3.63) is 87.9 Å². The first-order valence-corrected chi connectivity index (χ1v) is 15.3. The number of fused-ring (bicyclic) bond motifs is 4. The van der Waals surface area contributed by atoms with Crippen molar-refractivity contribution in [2.45, 2.75) is 18.8 Å². The van der Waals surface area contributed by atoms with Gasteiger partial charge in [0.2, 0.25) is 23.6 Å². The monoisotopic (exact) mass is 646 g/mol. The summed E-state index contributed by atoms with van der Waals surface area (Å²) >= 11 is 12.2. The molecule has 2 aliphatic carbocycles. The molecule has 3 aromatic carbocycles. The van der Waals surface area contributed by atoms with E-state index in [9.17, 15) is 24.3 Å². The lowest BCUT2D eigenvalue weighted by Gasteiger charge is -2.44. The Morgan fingerprint density at radius 2 is 1.18 bits per heavy atom. The lowest BCUT2D eigenvalue weighted by molar-refractivity contribution is -0.126. The number of ether oxygens (including phenoxy) is 2. The third-order valence-corrected chi connectivity index (χ3v) is 10.2. The highest BCUT2D eigenvalue weighted by Crippen LogP contribution is 2.61. The second-order valence-corrected chi connectivity index (χ2v) is 12.6. The Hall–Kier alpha value is -4.34. The summed E-state index contributed by atoms with van der Waals surface area (Å²) in [7, 11) is 2.90. The van der Waals surface area contributed by atoms with Crippen LogP contribution in [0.5, 0.6) is 17.2 Å². The van der Waals surface area contributed by atoms with E-state index >= 15 is 0 Å². The number of phenolic OH excluding ortho intramolecular Hbond substituents is 1. The number of phenols is 1. The maximum absolute atomic E-state index is 14.3. The molecule has 0 spiro atoms. The largest absolute Gasteiger partial charge is 0.508 e. The Morgan fingerprint density at radius 1 is 0.689 bits per heavy atom. The zero-order chi connectivity index (χ0) is 31.7. The third kappa shape index (κ3) is 4.43. The SMILES string of the molecule is COc1cc(O)cc(OC)c1[C@H]1C2=CC[C@@H]3C(=O)N(c4ccc(Cl)cc4)C(=O)[C@@H]3[C@@H]2C[C@H]2C(=O)N(c3ccc(Cl)cc3)C(=O)[C@@H]12. The second-order valence-electron chi connectivity index (χ2n) is 11.8. The van der Waals surface area contributed by atoms with Crippen molar-refractivity contribution in [1.82, 2.24) is 0 Å². The van der Waals surface area contributed by atoms with Gasteiger partial charge in [0.15, 0.2) is 0 Å². The number of aromatic hydroxyl groups is 1. The Labute approximate surface area is 268 Å². The molecule has 0 bridgehead atoms. The van der Waals surface area contributed by atoms with Gasteiger partial charge >= 0.3 is 0 Å². The van der Waals surface area contributed by atoms with Crippen LogP contribution in [-0.4, -0.2) is 43.0 Å². The summed E-state index contributed by atoms with van der Waals surface area (Å²) < 4.78 is 11.4. The van der Waals surface area contributed by atoms with E-state index in [0.29, 0.717) is 27.0 Å². The molecular weight excluding hydrogens is 619 g/mol. The van der Waals surface area contributed by atoms with E-state index in [2.05, 4.69) is 0 Å². The number of methoxy groups -OCH3 is 2. The molecule has 1 saturated carbocycles. The number of imide groups is 2. The van der Waals surface area contributed by atoms with Gasteiger partial charge in [-0.1, -0.05) is 34.9 Å². The van der Waals surface area contributed by atoms with E-state index in [4.69, 9.17) is 32.7 Å². The second kappa shape index (κ2) is 10.9. The van der Waals surface area contributed by atoms with Crippen LogP contribution in [-0.2, 0) is 19.2 Å². The summed E-state index contributed by atoms with van der Waals surface area (Å²) in [5.41, 5.74) is 2.09. The molecule has 1 N–H and O–H groups in total. The van der Waals surface area contributed by atoms with Crippen molar-refractivity contribution in [2.24, 2.45) is 29.6 Å². The first kappa shape index (κ1) is 29.4. The number of nitrogens with zero attached hydrogens (tertiary/aromatic N) is 2. The Morgan fingerprint density at radius 3 is 1.69 bits per heavy atom. The van der Waals surface area contributed by atoms with Crippen LogP contribution >= 0.6 is 23.2 Å². The molecule has 2 saturated heterocycles. The molecule has 4 aliphatic rings. The highest BCUT2D eigenvalue weighted by molar-refractivity contribution is 6.31. The Balaban J connectivity index is 1.38. The molecular formula is C34H28Cl2N2O7. The van der Waals surface area contributed by atoms with Crippen molar-refractivity contribution in [2.75, 3.05) is 24.0 Å². The van der Waals surface area contributed by atoms with E-state index in [1.165, 1.54) is 36.2 Å². The number of carbonyl (C=O) groups excluding carboxylic acids is 4. The molecule has 3 fully saturated rings. The van der Waals surface area contributed by atoms with Gasteiger partial charge in [-0.05, 0) is 67.3 Å². The molecule has 9 nitrogen and oxygen atoms in total. The van der Waals surface area contributed by atoms with E-state index in [1.807, 2.05) is 6.08 Å². The highest BCUT2D eigenvalue weighted by atomic mass is 35.5. The van der Waals surface area contributed by atoms with Crippen molar-refractivity contribution in [1.29, 1.82) is 0 Å². The maximum Gasteiger partial charge on any atom is 0.238 e. The number of allylic oxidation sites excluding steroid dienone is 2. The van der Waals surface area contributed by atoms with Crippen molar-refractivity contribution < 1.29 is 33.8 Å². The van der Waals surface area contributed by atoms with Crippen LogP contribution in [0.3, 0.4) is 0 Å². The van der Waals surface area contributed by atoms with Crippen LogP contribution in [0.4, 0.5) is 11.4 Å². The summed E-state index contributed by atoms with van der Waals surface area (Å²) in [6.07, 6.45) is 2.43. The van der Waals surface area contributed by atoms with Gasteiger partial charge in [0.1, 0.15) is 17.2 Å². The summed E-state index contributed by atoms with van der Waals surface area (Å²) in [5, 5.41) is 11.4. The Kier molecular flexibility index (Phi) is 7.13. The summed E-state index contributed by atoms with van der Waals surface area (Å²) in [6.45, 7) is 0. The number of hydrogen-bond donors (Lipinski definition) is 1. The van der Waals surface area contributed by atoms with Crippen LogP contribution in [0.25, 0.3) is 0 Å². The molecule has 2 heterocycles. The van der Waals surface area contributed by atoms with Crippen LogP contribution in [0.1, 0.15) is 24.3 Å². The van der Waals surface area contributed by atoms with Crippen molar-refractivity contribution in [3.8, 4) is 17.2 Å². The molecule has 3 aromatic rings. The normalized spacial score (nSPS) is 27.2. The fourth-order valence-electron chi connectivity index (χ4n) is 7.83. The van der Waals surface area contributed by atoms with Gasteiger partial charge in [-0.15, -0.1) is 0 Å². The van der Waals surface area contributed by atoms with Crippen LogP contribution in [0.2, 0.25) is 10.0 Å². The van der Waals surface area contributed by atoms with Gasteiger partial charge in [0, 0.05) is 33.7 Å². The van der Waals surface area contributed by atoms with Gasteiger partial charge in [0.05, 0.1) is 49.3 Å². The molecule has 45 heavy (non-hydrogen) atoms. The molecule has 6 atom stereocenters. The average Bonchev–Trinajstić information content (AvgIpc) is 3.44. The fourth-order valence-corrected chi connectivity index (χ4v) is 8.08. The number of carbonyl (C=O) groups is 4. The van der Waals surface area contributed by atoms with E-state index in [1.54, 1.807) is 48.5 Å². The molecule has 230 valence electrons. The van der Waals surface area contributed by atoms with Gasteiger partial charge in [-0.25, -0.2) is 0 Å². The number of halogens is 2. The minimum atomic E-state index is -0.848. The zero-order valence-corrected chi connectivity index (χ0v) is 25.8. The van der Waals surface area contributed by atoms with Gasteiger partial charge in [-0.2, -0.15) is 0 Å². The third-order valence-electron chi connectivity index (χ3n) is 9.66. The molecule has 4 amide bonds. The quantitative estimate of drug-likeness (QED) is 0.277. The van der Waals surface area contributed by atoms with Crippen LogP contribution in [0, 0.1) is 29.6 Å². The average molecular weight is 648 g/mol. The van der Waals surface area contributed by atoms with Gasteiger partial charge in [-0.3, -0.25) is 29.0 Å². The minimum Gasteiger partial charge on any atom is -0.508 e.